The second kappa shape index (κ2) is 9.38. The van der Waals surface area contributed by atoms with Crippen LogP contribution in [0.5, 0.6) is 0 Å². The molecule has 0 aliphatic heterocycles. The molecule has 2 aromatic carbocycles. The van der Waals surface area contributed by atoms with Gasteiger partial charge >= 0.3 is 5.97 Å². The number of rotatable bonds is 8. The number of sulfonamides is 1. The summed E-state index contributed by atoms with van der Waals surface area (Å²) in [5.74, 6) is -0.682. The van der Waals surface area contributed by atoms with Crippen LogP contribution in [-0.2, 0) is 26.2 Å². The zero-order chi connectivity index (χ0) is 22.6. The lowest BCUT2D eigenvalue weighted by Crippen LogP contribution is -2.33. The molecule has 0 radical (unpaired) electrons. The van der Waals surface area contributed by atoms with Gasteiger partial charge in [-0.05, 0) is 43.3 Å². The summed E-state index contributed by atoms with van der Waals surface area (Å²) in [6.45, 7) is 0.559. The first kappa shape index (κ1) is 22.6. The van der Waals surface area contributed by atoms with Crippen LogP contribution in [0.25, 0.3) is 11.5 Å². The van der Waals surface area contributed by atoms with Crippen molar-refractivity contribution in [2.75, 3.05) is 13.6 Å². The Morgan fingerprint density at radius 3 is 2.32 bits per heavy atom. The molecule has 0 saturated heterocycles. The Balaban J connectivity index is 1.57. The van der Waals surface area contributed by atoms with Gasteiger partial charge < -0.3 is 9.15 Å². The zero-order valence-corrected chi connectivity index (χ0v) is 18.2. The number of benzene rings is 2. The van der Waals surface area contributed by atoms with Crippen molar-refractivity contribution in [1.82, 2.24) is 14.5 Å². The molecule has 3 aromatic rings. The maximum Gasteiger partial charge on any atom is 0.321 e. The lowest BCUT2D eigenvalue weighted by atomic mass is 10.2. The van der Waals surface area contributed by atoms with E-state index in [-0.39, 0.29) is 29.1 Å². The Bertz CT molecular complexity index is 1190. The highest BCUT2D eigenvalue weighted by Crippen LogP contribution is 2.20. The number of hydrogen-bond acceptors (Lipinski definition) is 8. The number of ether oxygens (including phenoxy) is 1. The van der Waals surface area contributed by atoms with Crippen molar-refractivity contribution in [2.24, 2.45) is 0 Å². The van der Waals surface area contributed by atoms with Crippen molar-refractivity contribution < 1.29 is 27.2 Å². The summed E-state index contributed by atoms with van der Waals surface area (Å²) >= 11 is 5.84. The van der Waals surface area contributed by atoms with E-state index in [0.717, 1.165) is 4.31 Å². The standard InChI is InChI=1S/C20H18ClN3O6S/c1-13(25)14-5-9-17(10-6-14)31(27,28)24(2)11-19(26)29-12-18-22-23-20(30-18)15-3-7-16(21)8-4-15/h3-10H,11-12H2,1-2H3. The number of aromatic nitrogens is 2. The predicted molar refractivity (Wildman–Crippen MR) is 111 cm³/mol. The van der Waals surface area contributed by atoms with E-state index in [4.69, 9.17) is 20.8 Å². The van der Waals surface area contributed by atoms with Crippen molar-refractivity contribution in [3.05, 3.63) is 65.0 Å². The fraction of sp³-hybridized carbons (Fsp3) is 0.200. The molecule has 0 fully saturated rings. The van der Waals surface area contributed by atoms with Crippen LogP contribution >= 0.6 is 11.6 Å². The number of hydrogen-bond donors (Lipinski definition) is 0. The molecule has 0 aliphatic carbocycles. The molecule has 9 nitrogen and oxygen atoms in total. The fourth-order valence-corrected chi connectivity index (χ4v) is 3.76. The van der Waals surface area contributed by atoms with E-state index in [2.05, 4.69) is 10.2 Å². The van der Waals surface area contributed by atoms with E-state index >= 15 is 0 Å². The minimum absolute atomic E-state index is 0.0442. The van der Waals surface area contributed by atoms with Crippen molar-refractivity contribution >= 4 is 33.4 Å². The van der Waals surface area contributed by atoms with Crippen LogP contribution < -0.4 is 0 Å². The Kier molecular flexibility index (Phi) is 6.84. The first-order valence-corrected chi connectivity index (χ1v) is 10.8. The van der Waals surface area contributed by atoms with E-state index in [9.17, 15) is 18.0 Å². The fourth-order valence-electron chi connectivity index (χ4n) is 2.52. The van der Waals surface area contributed by atoms with Crippen molar-refractivity contribution in [1.29, 1.82) is 0 Å². The topological polar surface area (TPSA) is 120 Å². The first-order chi connectivity index (χ1) is 14.7. The second-order valence-electron chi connectivity index (χ2n) is 6.51. The highest BCUT2D eigenvalue weighted by Gasteiger charge is 2.24. The highest BCUT2D eigenvalue weighted by molar-refractivity contribution is 7.89. The Morgan fingerprint density at radius 1 is 1.06 bits per heavy atom. The molecule has 3 rings (SSSR count). The van der Waals surface area contributed by atoms with Crippen LogP contribution in [0.1, 0.15) is 23.2 Å². The van der Waals surface area contributed by atoms with E-state index in [0.29, 0.717) is 16.1 Å². The van der Waals surface area contributed by atoms with Crippen LogP contribution in [0.3, 0.4) is 0 Å². The number of halogens is 1. The van der Waals surface area contributed by atoms with Gasteiger partial charge in [0.2, 0.25) is 15.9 Å². The van der Waals surface area contributed by atoms with Crippen LogP contribution in [0.15, 0.2) is 57.8 Å². The van der Waals surface area contributed by atoms with Crippen LogP contribution in [-0.4, -0.2) is 48.3 Å². The average molecular weight is 464 g/mol. The molecule has 11 heteroatoms. The summed E-state index contributed by atoms with van der Waals surface area (Å²) in [6.07, 6.45) is 0. The first-order valence-electron chi connectivity index (χ1n) is 8.98. The maximum atomic E-state index is 12.6. The van der Waals surface area contributed by atoms with Gasteiger partial charge in [-0.1, -0.05) is 23.7 Å². The summed E-state index contributed by atoms with van der Waals surface area (Å²) in [5.41, 5.74) is 1.04. The van der Waals surface area contributed by atoms with Crippen LogP contribution in [0.2, 0.25) is 5.02 Å². The van der Waals surface area contributed by atoms with Gasteiger partial charge in [-0.2, -0.15) is 4.31 Å². The third-order valence-electron chi connectivity index (χ3n) is 4.24. The molecule has 1 heterocycles. The largest absolute Gasteiger partial charge is 0.455 e. The number of carbonyl (C=O) groups excluding carboxylic acids is 2. The highest BCUT2D eigenvalue weighted by atomic mass is 35.5. The molecule has 0 amide bonds. The number of nitrogens with zero attached hydrogens (tertiary/aromatic N) is 3. The number of ketones is 1. The van der Waals surface area contributed by atoms with Crippen molar-refractivity contribution in [2.45, 2.75) is 18.4 Å². The lowest BCUT2D eigenvalue weighted by molar-refractivity contribution is -0.145. The molecular formula is C20H18ClN3O6S. The quantitative estimate of drug-likeness (QED) is 0.369. The lowest BCUT2D eigenvalue weighted by Gasteiger charge is -2.16. The van der Waals surface area contributed by atoms with Gasteiger partial charge in [-0.3, -0.25) is 9.59 Å². The zero-order valence-electron chi connectivity index (χ0n) is 16.6. The molecule has 31 heavy (non-hydrogen) atoms. The number of esters is 1. The minimum Gasteiger partial charge on any atom is -0.455 e. The van der Waals surface area contributed by atoms with Crippen molar-refractivity contribution in [3.63, 3.8) is 0 Å². The normalized spacial score (nSPS) is 11.5. The molecule has 0 N–H and O–H groups in total. The monoisotopic (exact) mass is 463 g/mol. The van der Waals surface area contributed by atoms with Gasteiger partial charge in [-0.15, -0.1) is 10.2 Å². The van der Waals surface area contributed by atoms with Crippen LogP contribution in [0, 0.1) is 0 Å². The Labute approximate surface area is 183 Å². The summed E-state index contributed by atoms with van der Waals surface area (Å²) in [7, 11) is -2.69. The predicted octanol–water partition coefficient (Wildman–Crippen LogP) is 2.96. The minimum atomic E-state index is -3.94. The molecule has 0 aliphatic rings. The third kappa shape index (κ3) is 5.54. The molecule has 1 aromatic heterocycles. The summed E-state index contributed by atoms with van der Waals surface area (Å²) in [4.78, 5) is 23.4. The van der Waals surface area contributed by atoms with Gasteiger partial charge in [0.25, 0.3) is 5.89 Å². The smallest absolute Gasteiger partial charge is 0.321 e. The van der Waals surface area contributed by atoms with Crippen LogP contribution in [0.4, 0.5) is 0 Å². The van der Waals surface area contributed by atoms with E-state index < -0.39 is 22.5 Å². The summed E-state index contributed by atoms with van der Waals surface area (Å²) in [6, 6.07) is 12.2. The molecule has 0 saturated carbocycles. The number of likely N-dealkylation sites (N-methyl/N-ethyl adjacent to an activating group) is 1. The van der Waals surface area contributed by atoms with Gasteiger partial charge in [0.1, 0.15) is 6.54 Å². The molecule has 0 unspecified atom stereocenters. The van der Waals surface area contributed by atoms with E-state index in [1.54, 1.807) is 24.3 Å². The Morgan fingerprint density at radius 2 is 1.71 bits per heavy atom. The van der Waals surface area contributed by atoms with Gasteiger partial charge in [-0.25, -0.2) is 8.42 Å². The molecule has 0 atom stereocenters. The summed E-state index contributed by atoms with van der Waals surface area (Å²) < 4.78 is 36.5. The Hall–Kier alpha value is -3.08. The van der Waals surface area contributed by atoms with Gasteiger partial charge in [0, 0.05) is 23.2 Å². The average Bonchev–Trinajstić information content (AvgIpc) is 3.22. The molecule has 0 spiro atoms. The number of Topliss-reactive ketones (excluding diaryl/α,β-unsaturated/α-hetero) is 1. The third-order valence-corrected chi connectivity index (χ3v) is 6.31. The second-order valence-corrected chi connectivity index (χ2v) is 8.99. The van der Waals surface area contributed by atoms with Gasteiger partial charge in [0.15, 0.2) is 12.4 Å². The van der Waals surface area contributed by atoms with E-state index in [1.165, 1.54) is 38.2 Å². The van der Waals surface area contributed by atoms with E-state index in [1.807, 2.05) is 0 Å². The van der Waals surface area contributed by atoms with Crippen molar-refractivity contribution in [3.8, 4) is 11.5 Å². The number of carbonyl (C=O) groups is 2. The molecule has 162 valence electrons. The SMILES string of the molecule is CC(=O)c1ccc(S(=O)(=O)N(C)CC(=O)OCc2nnc(-c3ccc(Cl)cc3)o2)cc1. The summed E-state index contributed by atoms with van der Waals surface area (Å²) in [5, 5.41) is 8.23. The molecule has 0 bridgehead atoms. The van der Waals surface area contributed by atoms with Gasteiger partial charge in [0.05, 0.1) is 4.90 Å². The maximum absolute atomic E-state index is 12.6. The molecular weight excluding hydrogens is 446 g/mol.